The van der Waals surface area contributed by atoms with Crippen LogP contribution >= 0.6 is 25.3 Å². The van der Waals surface area contributed by atoms with Gasteiger partial charge in [-0.3, -0.25) is 10.6 Å². The van der Waals surface area contributed by atoms with Crippen molar-refractivity contribution in [2.45, 2.75) is 18.5 Å². The number of hydrogen-bond acceptors (Lipinski definition) is 5. The Morgan fingerprint density at radius 3 is 1.88 bits per heavy atom. The van der Waals surface area contributed by atoms with Crippen LogP contribution in [0.5, 0.6) is 0 Å². The van der Waals surface area contributed by atoms with E-state index in [2.05, 4.69) is 41.2 Å². The van der Waals surface area contributed by atoms with Gasteiger partial charge in [0, 0.05) is 24.6 Å². The van der Waals surface area contributed by atoms with Crippen molar-refractivity contribution >= 4 is 25.3 Å². The number of likely N-dealkylation sites (N-methyl/N-ethyl adjacent to an activating group) is 2. The highest BCUT2D eigenvalue weighted by atomic mass is 32.1. The van der Waals surface area contributed by atoms with E-state index in [0.29, 0.717) is 6.54 Å². The molecule has 0 aliphatic rings. The third-order valence-electron chi connectivity index (χ3n) is 2.14. The van der Waals surface area contributed by atoms with Gasteiger partial charge < -0.3 is 5.32 Å². The van der Waals surface area contributed by atoms with Crippen LogP contribution in [0.4, 0.5) is 8.78 Å². The molecule has 0 aliphatic heterocycles. The smallest absolute Gasteiger partial charge is 0.183 e. The average Bonchev–Trinajstić information content (AvgIpc) is 2.27. The molecule has 16 heavy (non-hydrogen) atoms. The minimum Gasteiger partial charge on any atom is -0.315 e. The fraction of sp³-hybridized carbons (Fsp3) is 1.00. The fourth-order valence-corrected chi connectivity index (χ4v) is 1.69. The van der Waals surface area contributed by atoms with E-state index in [4.69, 9.17) is 0 Å². The molecule has 0 aromatic carbocycles. The highest BCUT2D eigenvalue weighted by Gasteiger charge is 2.33. The van der Waals surface area contributed by atoms with Gasteiger partial charge in [0.05, 0.1) is 0 Å². The summed E-state index contributed by atoms with van der Waals surface area (Å²) < 4.78 is 27.9. The third kappa shape index (κ3) is 5.67. The monoisotopic (exact) mass is 273 g/mol. The predicted molar refractivity (Wildman–Crippen MR) is 71.0 cm³/mol. The van der Waals surface area contributed by atoms with Gasteiger partial charge in [-0.1, -0.05) is 6.92 Å². The molecule has 3 N–H and O–H groups in total. The van der Waals surface area contributed by atoms with Crippen LogP contribution in [0, 0.1) is 0 Å². The van der Waals surface area contributed by atoms with E-state index in [1.165, 1.54) is 0 Å². The number of hydrogen-bond donors (Lipinski definition) is 5. The third-order valence-corrected chi connectivity index (χ3v) is 3.14. The van der Waals surface area contributed by atoms with Crippen LogP contribution in [0.25, 0.3) is 0 Å². The van der Waals surface area contributed by atoms with Crippen molar-refractivity contribution in [1.29, 1.82) is 0 Å². The van der Waals surface area contributed by atoms with Crippen molar-refractivity contribution in [3.05, 3.63) is 0 Å². The second-order valence-corrected chi connectivity index (χ2v) is 4.29. The Kier molecular flexibility index (Phi) is 7.92. The van der Waals surface area contributed by atoms with E-state index in [0.717, 1.165) is 0 Å². The highest BCUT2D eigenvalue weighted by molar-refractivity contribution is 7.80. The Balaban J connectivity index is 4.26. The maximum atomic E-state index is 14.0. The van der Waals surface area contributed by atoms with Gasteiger partial charge >= 0.3 is 0 Å². The zero-order valence-corrected chi connectivity index (χ0v) is 11.5. The molecule has 0 radical (unpaired) electrons. The Morgan fingerprint density at radius 2 is 1.50 bits per heavy atom. The molecule has 0 fully saturated rings. The van der Waals surface area contributed by atoms with Crippen molar-refractivity contribution in [3.63, 3.8) is 0 Å². The number of nitrogens with one attached hydrogen (secondary N) is 3. The average molecular weight is 273 g/mol. The first-order valence-electron chi connectivity index (χ1n) is 5.19. The standard InChI is InChI=1S/C9H21F2N3S2/c1-3-13-9(11,7-16)5-14-8(10,6-15)4-12-2/h12-16H,3-7H2,1-2H3/t8-,9-/m0/s1. The van der Waals surface area contributed by atoms with Gasteiger partial charge in [0.2, 0.25) is 0 Å². The quantitative estimate of drug-likeness (QED) is 0.315. The maximum absolute atomic E-state index is 14.0. The summed E-state index contributed by atoms with van der Waals surface area (Å²) in [6.07, 6.45) is 0. The summed E-state index contributed by atoms with van der Waals surface area (Å²) in [4.78, 5) is 0. The molecule has 2 atom stereocenters. The lowest BCUT2D eigenvalue weighted by Crippen LogP contribution is -2.58. The molecule has 7 heteroatoms. The lowest BCUT2D eigenvalue weighted by molar-refractivity contribution is 0.0831. The van der Waals surface area contributed by atoms with Crippen molar-refractivity contribution in [2.24, 2.45) is 0 Å². The van der Waals surface area contributed by atoms with Crippen LogP contribution in [0.2, 0.25) is 0 Å². The lowest BCUT2D eigenvalue weighted by Gasteiger charge is -2.31. The topological polar surface area (TPSA) is 36.1 Å². The van der Waals surface area contributed by atoms with Crippen molar-refractivity contribution in [1.82, 2.24) is 16.0 Å². The maximum Gasteiger partial charge on any atom is 0.183 e. The molecule has 98 valence electrons. The Morgan fingerprint density at radius 1 is 1.00 bits per heavy atom. The second kappa shape index (κ2) is 7.71. The summed E-state index contributed by atoms with van der Waals surface area (Å²) in [5.41, 5.74) is 0. The van der Waals surface area contributed by atoms with Crippen LogP contribution in [-0.2, 0) is 0 Å². The summed E-state index contributed by atoms with van der Waals surface area (Å²) in [7, 11) is 1.63. The predicted octanol–water partition coefficient (Wildman–Crippen LogP) is 0.596. The number of alkyl halides is 2. The van der Waals surface area contributed by atoms with E-state index in [1.807, 2.05) is 0 Å². The van der Waals surface area contributed by atoms with Crippen LogP contribution in [0.3, 0.4) is 0 Å². The first kappa shape index (κ1) is 16.4. The number of halogens is 2. The molecule has 0 unspecified atom stereocenters. The lowest BCUT2D eigenvalue weighted by atomic mass is 10.2. The summed E-state index contributed by atoms with van der Waals surface area (Å²) in [5, 5.41) is 7.86. The van der Waals surface area contributed by atoms with Crippen molar-refractivity contribution in [2.75, 3.05) is 38.2 Å². The van der Waals surface area contributed by atoms with E-state index in [-0.39, 0.29) is 24.6 Å². The van der Waals surface area contributed by atoms with Gasteiger partial charge in [0.25, 0.3) is 0 Å². The van der Waals surface area contributed by atoms with Gasteiger partial charge in [-0.2, -0.15) is 25.3 Å². The Labute approximate surface area is 107 Å². The summed E-state index contributed by atoms with van der Waals surface area (Å²) in [6.45, 7) is 2.17. The second-order valence-electron chi connectivity index (χ2n) is 3.66. The minimum absolute atomic E-state index is 0.0178. The van der Waals surface area contributed by atoms with Crippen LogP contribution in [0.15, 0.2) is 0 Å². The molecule has 0 aromatic rings. The SMILES string of the molecule is CCN[C@](F)(CS)CN[C@](F)(CS)CNC. The fourth-order valence-electron chi connectivity index (χ4n) is 1.24. The molecule has 0 saturated carbocycles. The van der Waals surface area contributed by atoms with Crippen LogP contribution in [0.1, 0.15) is 6.92 Å². The van der Waals surface area contributed by atoms with Gasteiger partial charge in [0.1, 0.15) is 0 Å². The van der Waals surface area contributed by atoms with Gasteiger partial charge in [-0.25, -0.2) is 8.78 Å². The van der Waals surface area contributed by atoms with Crippen LogP contribution < -0.4 is 16.0 Å². The van der Waals surface area contributed by atoms with E-state index >= 15 is 0 Å². The summed E-state index contributed by atoms with van der Waals surface area (Å²) >= 11 is 7.82. The van der Waals surface area contributed by atoms with Gasteiger partial charge in [0.15, 0.2) is 11.6 Å². The largest absolute Gasteiger partial charge is 0.315 e. The molecule has 0 aromatic heterocycles. The van der Waals surface area contributed by atoms with E-state index < -0.39 is 11.6 Å². The molecule has 0 heterocycles. The molecule has 0 saturated heterocycles. The zero-order chi connectivity index (χ0) is 12.7. The van der Waals surface area contributed by atoms with Crippen molar-refractivity contribution < 1.29 is 8.78 Å². The minimum atomic E-state index is -1.71. The Bertz CT molecular complexity index is 180. The summed E-state index contributed by atoms with van der Waals surface area (Å²) in [5.74, 6) is -3.46. The first-order valence-corrected chi connectivity index (χ1v) is 6.46. The molecular weight excluding hydrogens is 252 g/mol. The number of rotatable bonds is 9. The molecule has 0 spiro atoms. The number of thiol groups is 2. The zero-order valence-electron chi connectivity index (χ0n) is 9.69. The normalized spacial score (nSPS) is 19.1. The molecule has 0 amide bonds. The summed E-state index contributed by atoms with van der Waals surface area (Å²) in [6, 6.07) is 0. The molecule has 0 aliphatic carbocycles. The molecule has 0 bridgehead atoms. The van der Waals surface area contributed by atoms with Crippen molar-refractivity contribution in [3.8, 4) is 0 Å². The van der Waals surface area contributed by atoms with E-state index in [1.54, 1.807) is 14.0 Å². The van der Waals surface area contributed by atoms with E-state index in [9.17, 15) is 8.78 Å². The molecule has 0 rings (SSSR count). The molecular formula is C9H21F2N3S2. The molecule has 3 nitrogen and oxygen atoms in total. The van der Waals surface area contributed by atoms with Gasteiger partial charge in [-0.05, 0) is 13.6 Å². The van der Waals surface area contributed by atoms with Crippen LogP contribution in [-0.4, -0.2) is 49.8 Å². The first-order chi connectivity index (χ1) is 7.45. The Hall–Kier alpha value is 0.440. The highest BCUT2D eigenvalue weighted by Crippen LogP contribution is 2.13. The van der Waals surface area contributed by atoms with Gasteiger partial charge in [-0.15, -0.1) is 0 Å².